The van der Waals surface area contributed by atoms with Gasteiger partial charge in [0.1, 0.15) is 12.0 Å². The lowest BCUT2D eigenvalue weighted by atomic mass is 10.1. The Bertz CT molecular complexity index is 396. The molecule has 0 spiro atoms. The summed E-state index contributed by atoms with van der Waals surface area (Å²) < 4.78 is 5.79. The topological polar surface area (TPSA) is 29.5 Å². The van der Waals surface area contributed by atoms with E-state index < -0.39 is 0 Å². The van der Waals surface area contributed by atoms with E-state index >= 15 is 0 Å². The normalized spacial score (nSPS) is 15.8. The smallest absolute Gasteiger partial charge is 0.120 e. The SMILES string of the molecule is O=CCCCc1ccc(OCCCN2CCCCC2)cc1. The summed E-state index contributed by atoms with van der Waals surface area (Å²) in [6, 6.07) is 8.28. The van der Waals surface area contributed by atoms with Crippen LogP contribution >= 0.6 is 0 Å². The Balaban J connectivity index is 1.60. The molecular weight excluding hydrogens is 262 g/mol. The van der Waals surface area contributed by atoms with E-state index in [0.29, 0.717) is 6.42 Å². The van der Waals surface area contributed by atoms with Crippen molar-refractivity contribution in [3.05, 3.63) is 29.8 Å². The van der Waals surface area contributed by atoms with Crippen LogP contribution in [0.5, 0.6) is 5.75 Å². The average molecular weight is 289 g/mol. The number of piperidine rings is 1. The Kier molecular flexibility index (Phi) is 7.30. The van der Waals surface area contributed by atoms with Crippen LogP contribution in [0.1, 0.15) is 44.1 Å². The highest BCUT2D eigenvalue weighted by molar-refractivity contribution is 5.49. The van der Waals surface area contributed by atoms with Crippen molar-refractivity contribution in [3.8, 4) is 5.75 Å². The highest BCUT2D eigenvalue weighted by Crippen LogP contribution is 2.14. The molecule has 0 unspecified atom stereocenters. The first kappa shape index (κ1) is 16.0. The molecule has 1 fully saturated rings. The van der Waals surface area contributed by atoms with Gasteiger partial charge in [-0.05, 0) is 62.9 Å². The molecular formula is C18H27NO2. The zero-order chi connectivity index (χ0) is 14.8. The summed E-state index contributed by atoms with van der Waals surface area (Å²) in [5, 5.41) is 0. The van der Waals surface area contributed by atoms with Gasteiger partial charge in [-0.2, -0.15) is 0 Å². The van der Waals surface area contributed by atoms with Gasteiger partial charge in [-0.3, -0.25) is 0 Å². The molecule has 0 aromatic heterocycles. The van der Waals surface area contributed by atoms with E-state index in [1.807, 2.05) is 12.1 Å². The third-order valence-electron chi connectivity index (χ3n) is 4.05. The summed E-state index contributed by atoms with van der Waals surface area (Å²) in [6.45, 7) is 4.47. The fourth-order valence-corrected chi connectivity index (χ4v) is 2.80. The molecule has 0 aliphatic carbocycles. The Labute approximate surface area is 128 Å². The molecule has 1 aromatic carbocycles. The summed E-state index contributed by atoms with van der Waals surface area (Å²) in [7, 11) is 0. The molecule has 2 rings (SSSR count). The highest BCUT2D eigenvalue weighted by atomic mass is 16.5. The molecule has 0 N–H and O–H groups in total. The molecule has 1 aliphatic heterocycles. The highest BCUT2D eigenvalue weighted by Gasteiger charge is 2.08. The largest absolute Gasteiger partial charge is 0.494 e. The minimum Gasteiger partial charge on any atom is -0.494 e. The van der Waals surface area contributed by atoms with E-state index in [4.69, 9.17) is 4.74 Å². The van der Waals surface area contributed by atoms with Crippen LogP contribution in [-0.4, -0.2) is 37.4 Å². The van der Waals surface area contributed by atoms with Crippen molar-refractivity contribution < 1.29 is 9.53 Å². The first-order valence-electron chi connectivity index (χ1n) is 8.26. The van der Waals surface area contributed by atoms with E-state index in [-0.39, 0.29) is 0 Å². The number of aryl methyl sites for hydroxylation is 1. The van der Waals surface area contributed by atoms with Gasteiger partial charge in [-0.25, -0.2) is 0 Å². The van der Waals surface area contributed by atoms with Crippen LogP contribution in [0.25, 0.3) is 0 Å². The lowest BCUT2D eigenvalue weighted by molar-refractivity contribution is -0.107. The standard InChI is InChI=1S/C18H27NO2/c20-15-5-2-7-17-8-10-18(11-9-17)21-16-6-14-19-12-3-1-4-13-19/h8-11,15H,1-7,12-14,16H2. The average Bonchev–Trinajstić information content (AvgIpc) is 2.54. The van der Waals surface area contributed by atoms with Gasteiger partial charge in [0.25, 0.3) is 0 Å². The first-order chi connectivity index (χ1) is 10.4. The van der Waals surface area contributed by atoms with Gasteiger partial charge >= 0.3 is 0 Å². The fourth-order valence-electron chi connectivity index (χ4n) is 2.80. The van der Waals surface area contributed by atoms with Crippen LogP contribution in [0.15, 0.2) is 24.3 Å². The molecule has 0 saturated carbocycles. The number of benzene rings is 1. The molecule has 1 saturated heterocycles. The summed E-state index contributed by atoms with van der Waals surface area (Å²) in [5.41, 5.74) is 1.28. The van der Waals surface area contributed by atoms with Crippen molar-refractivity contribution in [2.45, 2.75) is 44.9 Å². The quantitative estimate of drug-likeness (QED) is 0.515. The van der Waals surface area contributed by atoms with Crippen molar-refractivity contribution in [3.63, 3.8) is 0 Å². The second kappa shape index (κ2) is 9.56. The minimum absolute atomic E-state index is 0.648. The summed E-state index contributed by atoms with van der Waals surface area (Å²) >= 11 is 0. The maximum absolute atomic E-state index is 10.3. The zero-order valence-electron chi connectivity index (χ0n) is 12.9. The summed E-state index contributed by atoms with van der Waals surface area (Å²) in [6.07, 6.45) is 8.73. The summed E-state index contributed by atoms with van der Waals surface area (Å²) in [4.78, 5) is 12.8. The van der Waals surface area contributed by atoms with Crippen molar-refractivity contribution in [1.82, 2.24) is 4.90 Å². The first-order valence-corrected chi connectivity index (χ1v) is 8.26. The number of carbonyl (C=O) groups excluding carboxylic acids is 1. The molecule has 0 radical (unpaired) electrons. The van der Waals surface area contributed by atoms with Gasteiger partial charge in [0, 0.05) is 13.0 Å². The number of nitrogens with zero attached hydrogens (tertiary/aromatic N) is 1. The molecule has 0 bridgehead atoms. The summed E-state index contributed by atoms with van der Waals surface area (Å²) in [5.74, 6) is 0.952. The molecule has 3 heteroatoms. The van der Waals surface area contributed by atoms with E-state index in [1.165, 1.54) is 37.9 Å². The molecule has 1 heterocycles. The van der Waals surface area contributed by atoms with E-state index in [1.54, 1.807) is 0 Å². The Hall–Kier alpha value is -1.35. The number of hydrogen-bond acceptors (Lipinski definition) is 3. The number of carbonyl (C=O) groups is 1. The van der Waals surface area contributed by atoms with Gasteiger partial charge in [-0.1, -0.05) is 18.6 Å². The second-order valence-corrected chi connectivity index (χ2v) is 5.81. The van der Waals surface area contributed by atoms with Gasteiger partial charge < -0.3 is 14.4 Å². The third-order valence-corrected chi connectivity index (χ3v) is 4.05. The van der Waals surface area contributed by atoms with Crippen LogP contribution < -0.4 is 4.74 Å². The van der Waals surface area contributed by atoms with Crippen LogP contribution in [-0.2, 0) is 11.2 Å². The number of unbranched alkanes of at least 4 members (excludes halogenated alkanes) is 1. The molecule has 3 nitrogen and oxygen atoms in total. The number of ether oxygens (including phenoxy) is 1. The maximum Gasteiger partial charge on any atom is 0.120 e. The molecule has 116 valence electrons. The second-order valence-electron chi connectivity index (χ2n) is 5.81. The van der Waals surface area contributed by atoms with E-state index in [2.05, 4.69) is 17.0 Å². The molecule has 1 aromatic rings. The Morgan fingerprint density at radius 1 is 1.05 bits per heavy atom. The Morgan fingerprint density at radius 3 is 2.52 bits per heavy atom. The predicted molar refractivity (Wildman–Crippen MR) is 85.8 cm³/mol. The number of aldehydes is 1. The maximum atomic E-state index is 10.3. The lowest BCUT2D eigenvalue weighted by Gasteiger charge is -2.26. The molecule has 0 amide bonds. The van der Waals surface area contributed by atoms with Crippen LogP contribution in [0.4, 0.5) is 0 Å². The van der Waals surface area contributed by atoms with Gasteiger partial charge in [0.2, 0.25) is 0 Å². The minimum atomic E-state index is 0.648. The molecule has 1 aliphatic rings. The van der Waals surface area contributed by atoms with Crippen molar-refractivity contribution in [2.75, 3.05) is 26.2 Å². The van der Waals surface area contributed by atoms with Gasteiger partial charge in [-0.15, -0.1) is 0 Å². The number of likely N-dealkylation sites (tertiary alicyclic amines) is 1. The lowest BCUT2D eigenvalue weighted by Crippen LogP contribution is -2.31. The molecule has 0 atom stereocenters. The van der Waals surface area contributed by atoms with Gasteiger partial charge in [0.05, 0.1) is 6.61 Å². The van der Waals surface area contributed by atoms with Crippen molar-refractivity contribution in [1.29, 1.82) is 0 Å². The fraction of sp³-hybridized carbons (Fsp3) is 0.611. The monoisotopic (exact) mass is 289 g/mol. The van der Waals surface area contributed by atoms with Gasteiger partial charge in [0.15, 0.2) is 0 Å². The Morgan fingerprint density at radius 2 is 1.81 bits per heavy atom. The number of hydrogen-bond donors (Lipinski definition) is 0. The number of rotatable bonds is 9. The zero-order valence-corrected chi connectivity index (χ0v) is 12.9. The van der Waals surface area contributed by atoms with Crippen molar-refractivity contribution >= 4 is 6.29 Å². The van der Waals surface area contributed by atoms with Crippen molar-refractivity contribution in [2.24, 2.45) is 0 Å². The van der Waals surface area contributed by atoms with E-state index in [9.17, 15) is 4.79 Å². The predicted octanol–water partition coefficient (Wildman–Crippen LogP) is 3.46. The van der Waals surface area contributed by atoms with Crippen LogP contribution in [0, 0.1) is 0 Å². The van der Waals surface area contributed by atoms with Crippen LogP contribution in [0.3, 0.4) is 0 Å². The van der Waals surface area contributed by atoms with Crippen LogP contribution in [0.2, 0.25) is 0 Å². The third kappa shape index (κ3) is 6.30. The molecule has 21 heavy (non-hydrogen) atoms. The van der Waals surface area contributed by atoms with E-state index in [0.717, 1.165) is 44.4 Å².